The molecule has 22 heavy (non-hydrogen) atoms. The molecule has 10 heteroatoms. The molecule has 0 aliphatic rings. The molecule has 0 saturated heterocycles. The van der Waals surface area contributed by atoms with Gasteiger partial charge in [-0.2, -0.15) is 13.2 Å². The minimum absolute atomic E-state index is 0.0288. The molecule has 2 rings (SSSR count). The average molecular weight is 370 g/mol. The molecule has 0 bridgehead atoms. The van der Waals surface area contributed by atoms with Crippen molar-refractivity contribution in [1.29, 1.82) is 0 Å². The van der Waals surface area contributed by atoms with E-state index < -0.39 is 17.1 Å². The zero-order valence-electron chi connectivity index (χ0n) is 10.7. The standard InChI is InChI=1S/C12H8Cl2F3N3OS/c13-7-3-1-2-6(9(7)14)4-5-8(21)18-11-20-19-10(22-11)12(15,16)17/h1-3H,4-5H2,(H,18,20,21). The summed E-state index contributed by atoms with van der Waals surface area (Å²) in [5.74, 6) is -0.485. The maximum Gasteiger partial charge on any atom is 0.445 e. The molecule has 0 radical (unpaired) electrons. The Kier molecular flexibility index (Phi) is 5.25. The fourth-order valence-electron chi connectivity index (χ4n) is 1.56. The number of halogens is 5. The first kappa shape index (κ1) is 17.0. The Hall–Kier alpha value is -1.38. The Labute approximate surface area is 137 Å². The molecule has 4 nitrogen and oxygen atoms in total. The summed E-state index contributed by atoms with van der Waals surface area (Å²) in [6.07, 6.45) is -4.24. The zero-order chi connectivity index (χ0) is 16.3. The van der Waals surface area contributed by atoms with E-state index in [1.54, 1.807) is 18.2 Å². The molecular weight excluding hydrogens is 362 g/mol. The van der Waals surface area contributed by atoms with Crippen molar-refractivity contribution in [2.45, 2.75) is 19.0 Å². The minimum Gasteiger partial charge on any atom is -0.301 e. The van der Waals surface area contributed by atoms with Gasteiger partial charge in [-0.1, -0.05) is 46.7 Å². The van der Waals surface area contributed by atoms with Gasteiger partial charge in [-0.25, -0.2) is 0 Å². The van der Waals surface area contributed by atoms with E-state index in [-0.39, 0.29) is 22.9 Å². The molecule has 0 saturated carbocycles. The first-order valence-electron chi connectivity index (χ1n) is 5.91. The maximum atomic E-state index is 12.4. The van der Waals surface area contributed by atoms with Crippen LogP contribution in [0.5, 0.6) is 0 Å². The quantitative estimate of drug-likeness (QED) is 0.866. The van der Waals surface area contributed by atoms with Crippen LogP contribution in [-0.4, -0.2) is 16.1 Å². The minimum atomic E-state index is -4.57. The van der Waals surface area contributed by atoms with Gasteiger partial charge < -0.3 is 5.32 Å². The van der Waals surface area contributed by atoms with Gasteiger partial charge >= 0.3 is 6.18 Å². The normalized spacial score (nSPS) is 11.5. The van der Waals surface area contributed by atoms with Crippen LogP contribution >= 0.6 is 34.5 Å². The Balaban J connectivity index is 1.93. The number of nitrogens with zero attached hydrogens (tertiary/aromatic N) is 2. The lowest BCUT2D eigenvalue weighted by Crippen LogP contribution is -2.12. The van der Waals surface area contributed by atoms with Crippen molar-refractivity contribution in [2.75, 3.05) is 5.32 Å². The number of hydrogen-bond acceptors (Lipinski definition) is 4. The SMILES string of the molecule is O=C(CCc1cccc(Cl)c1Cl)Nc1nnc(C(F)(F)F)s1. The molecule has 0 atom stereocenters. The van der Waals surface area contributed by atoms with Crippen LogP contribution in [0.2, 0.25) is 10.0 Å². The van der Waals surface area contributed by atoms with Crippen molar-refractivity contribution in [3.63, 3.8) is 0 Å². The number of nitrogens with one attached hydrogen (secondary N) is 1. The number of carbonyl (C=O) groups excluding carboxylic acids is 1. The fourth-order valence-corrected chi connectivity index (χ4v) is 2.60. The van der Waals surface area contributed by atoms with Gasteiger partial charge in [0.25, 0.3) is 0 Å². The number of aromatic nitrogens is 2. The molecule has 0 aliphatic heterocycles. The molecule has 0 unspecified atom stereocenters. The molecule has 0 spiro atoms. The van der Waals surface area contributed by atoms with Gasteiger partial charge in [-0.05, 0) is 18.1 Å². The highest BCUT2D eigenvalue weighted by molar-refractivity contribution is 7.15. The predicted molar refractivity (Wildman–Crippen MR) is 78.3 cm³/mol. The van der Waals surface area contributed by atoms with Crippen LogP contribution in [0.4, 0.5) is 18.3 Å². The molecular formula is C12H8Cl2F3N3OS. The molecule has 1 aromatic carbocycles. The number of aryl methyl sites for hydroxylation is 1. The maximum absolute atomic E-state index is 12.4. The Morgan fingerprint density at radius 2 is 2.00 bits per heavy atom. The van der Waals surface area contributed by atoms with Crippen LogP contribution in [0.25, 0.3) is 0 Å². The molecule has 1 amide bonds. The number of carbonyl (C=O) groups is 1. The van der Waals surface area contributed by atoms with E-state index in [1.165, 1.54) is 0 Å². The van der Waals surface area contributed by atoms with Crippen LogP contribution in [-0.2, 0) is 17.4 Å². The van der Waals surface area contributed by atoms with Crippen LogP contribution in [0, 0.1) is 0 Å². The lowest BCUT2D eigenvalue weighted by molar-refractivity contribution is -0.138. The van der Waals surface area contributed by atoms with Crippen LogP contribution in [0.3, 0.4) is 0 Å². The van der Waals surface area contributed by atoms with E-state index in [4.69, 9.17) is 23.2 Å². The highest BCUT2D eigenvalue weighted by Gasteiger charge is 2.35. The third kappa shape index (κ3) is 4.31. The summed E-state index contributed by atoms with van der Waals surface area (Å²) in [5.41, 5.74) is 0.678. The summed E-state index contributed by atoms with van der Waals surface area (Å²) < 4.78 is 37.1. The summed E-state index contributed by atoms with van der Waals surface area (Å²) in [6, 6.07) is 5.03. The summed E-state index contributed by atoms with van der Waals surface area (Å²) in [7, 11) is 0. The van der Waals surface area contributed by atoms with E-state index in [0.717, 1.165) is 0 Å². The number of alkyl halides is 3. The van der Waals surface area contributed by atoms with Crippen molar-refractivity contribution in [3.05, 3.63) is 38.8 Å². The number of rotatable bonds is 4. The molecule has 1 aromatic heterocycles. The number of hydrogen-bond donors (Lipinski definition) is 1. The van der Waals surface area contributed by atoms with E-state index in [9.17, 15) is 18.0 Å². The molecule has 0 aliphatic carbocycles. The summed E-state index contributed by atoms with van der Waals surface area (Å²) >= 11 is 12.1. The van der Waals surface area contributed by atoms with Crippen molar-refractivity contribution < 1.29 is 18.0 Å². The first-order chi connectivity index (χ1) is 10.3. The zero-order valence-corrected chi connectivity index (χ0v) is 13.1. The summed E-state index contributed by atoms with van der Waals surface area (Å²) in [6.45, 7) is 0. The van der Waals surface area contributed by atoms with E-state index in [0.29, 0.717) is 22.0 Å². The second kappa shape index (κ2) is 6.80. The number of benzene rings is 1. The van der Waals surface area contributed by atoms with E-state index in [2.05, 4.69) is 15.5 Å². The Morgan fingerprint density at radius 3 is 2.64 bits per heavy atom. The van der Waals surface area contributed by atoms with Crippen LogP contribution in [0.1, 0.15) is 17.0 Å². The third-order valence-corrected chi connectivity index (χ3v) is 4.31. The second-order valence-corrected chi connectivity index (χ2v) is 5.93. The van der Waals surface area contributed by atoms with E-state index in [1.807, 2.05) is 0 Å². The lowest BCUT2D eigenvalue weighted by Gasteiger charge is -2.05. The van der Waals surface area contributed by atoms with Gasteiger partial charge in [0.15, 0.2) is 0 Å². The highest BCUT2D eigenvalue weighted by Crippen LogP contribution is 2.33. The smallest absolute Gasteiger partial charge is 0.301 e. The largest absolute Gasteiger partial charge is 0.445 e. The van der Waals surface area contributed by atoms with Crippen molar-refractivity contribution in [2.24, 2.45) is 0 Å². The second-order valence-electron chi connectivity index (χ2n) is 4.17. The molecule has 0 fully saturated rings. The van der Waals surface area contributed by atoms with Crippen molar-refractivity contribution >= 4 is 45.6 Å². The molecule has 2 aromatic rings. The van der Waals surface area contributed by atoms with Gasteiger partial charge in [0.2, 0.25) is 16.0 Å². The fraction of sp³-hybridized carbons (Fsp3) is 0.250. The lowest BCUT2D eigenvalue weighted by atomic mass is 10.1. The summed E-state index contributed by atoms with van der Waals surface area (Å²) in [4.78, 5) is 11.7. The monoisotopic (exact) mass is 369 g/mol. The number of amides is 1. The van der Waals surface area contributed by atoms with E-state index >= 15 is 0 Å². The first-order valence-corrected chi connectivity index (χ1v) is 7.48. The average Bonchev–Trinajstić information content (AvgIpc) is 2.89. The molecule has 1 heterocycles. The van der Waals surface area contributed by atoms with Crippen molar-refractivity contribution in [1.82, 2.24) is 10.2 Å². The van der Waals surface area contributed by atoms with Gasteiger partial charge in [-0.3, -0.25) is 4.79 Å². The topological polar surface area (TPSA) is 54.9 Å². The van der Waals surface area contributed by atoms with Gasteiger partial charge in [0.05, 0.1) is 10.0 Å². The van der Waals surface area contributed by atoms with Crippen LogP contribution < -0.4 is 5.32 Å². The Bertz CT molecular complexity index is 690. The summed E-state index contributed by atoms with van der Waals surface area (Å²) in [5, 5.41) is 7.94. The third-order valence-electron chi connectivity index (χ3n) is 2.57. The van der Waals surface area contributed by atoms with Gasteiger partial charge in [0.1, 0.15) is 0 Å². The highest BCUT2D eigenvalue weighted by atomic mass is 35.5. The molecule has 118 valence electrons. The molecule has 1 N–H and O–H groups in total. The Morgan fingerprint density at radius 1 is 1.27 bits per heavy atom. The number of anilines is 1. The van der Waals surface area contributed by atoms with Gasteiger partial charge in [0, 0.05) is 6.42 Å². The van der Waals surface area contributed by atoms with Crippen LogP contribution in [0.15, 0.2) is 18.2 Å². The predicted octanol–water partition coefficient (Wildman–Crippen LogP) is 4.44. The van der Waals surface area contributed by atoms with Crippen molar-refractivity contribution in [3.8, 4) is 0 Å². The van der Waals surface area contributed by atoms with Gasteiger partial charge in [-0.15, -0.1) is 10.2 Å².